The summed E-state index contributed by atoms with van der Waals surface area (Å²) in [5.74, 6) is -0.928. The Kier molecular flexibility index (Phi) is 7.96. The summed E-state index contributed by atoms with van der Waals surface area (Å²) < 4.78 is 78.0. The number of amides is 2. The van der Waals surface area contributed by atoms with E-state index in [1.807, 2.05) is 20.8 Å². The second-order valence-electron chi connectivity index (χ2n) is 9.58. The number of rotatable bonds is 5. The van der Waals surface area contributed by atoms with Crippen molar-refractivity contribution in [2.45, 2.75) is 64.8 Å². The maximum atomic E-state index is 13.0. The van der Waals surface area contributed by atoms with Gasteiger partial charge in [0.1, 0.15) is 0 Å². The van der Waals surface area contributed by atoms with Crippen molar-refractivity contribution in [2.75, 3.05) is 6.54 Å². The van der Waals surface area contributed by atoms with Crippen LogP contribution in [0.3, 0.4) is 0 Å². The van der Waals surface area contributed by atoms with Crippen molar-refractivity contribution < 1.29 is 41.0 Å². The molecule has 11 heteroatoms. The van der Waals surface area contributed by atoms with Crippen LogP contribution in [0.4, 0.5) is 31.1 Å². The van der Waals surface area contributed by atoms with Crippen molar-refractivity contribution in [3.63, 3.8) is 0 Å². The van der Waals surface area contributed by atoms with Crippen molar-refractivity contribution in [1.82, 2.24) is 10.6 Å². The Balaban J connectivity index is 2.03. The summed E-state index contributed by atoms with van der Waals surface area (Å²) >= 11 is 0. The third kappa shape index (κ3) is 7.53. The molecule has 0 bridgehead atoms. The highest BCUT2D eigenvalue weighted by Gasteiger charge is 2.38. The molecule has 1 aliphatic rings. The second-order valence-corrected chi connectivity index (χ2v) is 9.58. The van der Waals surface area contributed by atoms with Gasteiger partial charge in [-0.15, -0.1) is 0 Å². The van der Waals surface area contributed by atoms with Gasteiger partial charge >= 0.3 is 18.4 Å². The van der Waals surface area contributed by atoms with E-state index < -0.39 is 41.0 Å². The molecule has 1 aliphatic carbocycles. The lowest BCUT2D eigenvalue weighted by atomic mass is 9.71. The van der Waals surface area contributed by atoms with E-state index in [1.54, 1.807) is 0 Å². The molecule has 3 N–H and O–H groups in total. The molecule has 1 saturated carbocycles. The van der Waals surface area contributed by atoms with E-state index in [2.05, 4.69) is 10.6 Å². The molecule has 1 aromatic carbocycles. The number of hydrogen-bond acceptors (Lipinski definition) is 2. The Bertz CT molecular complexity index is 821. The smallest absolute Gasteiger partial charge is 0.416 e. The van der Waals surface area contributed by atoms with E-state index in [1.165, 1.54) is 0 Å². The summed E-state index contributed by atoms with van der Waals surface area (Å²) in [7, 11) is 0. The van der Waals surface area contributed by atoms with Gasteiger partial charge in [-0.25, -0.2) is 4.79 Å². The van der Waals surface area contributed by atoms with Crippen molar-refractivity contribution in [3.05, 3.63) is 34.9 Å². The fourth-order valence-electron chi connectivity index (χ4n) is 4.33. The van der Waals surface area contributed by atoms with Crippen molar-refractivity contribution in [1.29, 1.82) is 0 Å². The third-order valence-electron chi connectivity index (χ3n) is 5.98. The SMILES string of the molecule is CC(C)(C)C(NC(=O)O)C1CCC(CNC(=O)c2cc(C(F)(F)F)cc(C(F)(F)F)c2)CC1. The van der Waals surface area contributed by atoms with Crippen LogP contribution in [-0.2, 0) is 12.4 Å². The van der Waals surface area contributed by atoms with E-state index in [4.69, 9.17) is 5.11 Å². The van der Waals surface area contributed by atoms with E-state index in [9.17, 15) is 35.9 Å². The highest BCUT2D eigenvalue weighted by molar-refractivity contribution is 5.94. The molecule has 0 saturated heterocycles. The Morgan fingerprint density at radius 1 is 0.939 bits per heavy atom. The number of carboxylic acid groups (broad SMARTS) is 1. The number of nitrogens with one attached hydrogen (secondary N) is 2. The molecule has 0 heterocycles. The molecular formula is C22H28F6N2O3. The normalized spacial score (nSPS) is 20.8. The number of halogens is 6. The molecule has 5 nitrogen and oxygen atoms in total. The quantitative estimate of drug-likeness (QED) is 0.455. The van der Waals surface area contributed by atoms with Gasteiger partial charge in [0.05, 0.1) is 11.1 Å². The van der Waals surface area contributed by atoms with Crippen molar-refractivity contribution >= 4 is 12.0 Å². The summed E-state index contributed by atoms with van der Waals surface area (Å²) in [5.41, 5.74) is -4.09. The van der Waals surface area contributed by atoms with Crippen LogP contribution >= 0.6 is 0 Å². The van der Waals surface area contributed by atoms with Gasteiger partial charge in [0.25, 0.3) is 5.91 Å². The molecule has 1 aromatic rings. The van der Waals surface area contributed by atoms with Crippen molar-refractivity contribution in [2.24, 2.45) is 17.3 Å². The number of carbonyl (C=O) groups excluding carboxylic acids is 1. The molecule has 0 aromatic heterocycles. The lowest BCUT2D eigenvalue weighted by molar-refractivity contribution is -0.143. The minimum Gasteiger partial charge on any atom is -0.465 e. The maximum absolute atomic E-state index is 13.0. The molecule has 1 atom stereocenters. The van der Waals surface area contributed by atoms with Gasteiger partial charge in [-0.1, -0.05) is 20.8 Å². The molecule has 186 valence electrons. The average molecular weight is 482 g/mol. The minimum absolute atomic E-state index is 0.0106. The number of carbonyl (C=O) groups is 2. The zero-order valence-corrected chi connectivity index (χ0v) is 18.5. The summed E-state index contributed by atoms with van der Waals surface area (Å²) in [4.78, 5) is 23.5. The summed E-state index contributed by atoms with van der Waals surface area (Å²) in [6.45, 7) is 5.91. The van der Waals surface area contributed by atoms with Gasteiger partial charge in [0.2, 0.25) is 0 Å². The molecule has 1 unspecified atom stereocenters. The van der Waals surface area contributed by atoms with Gasteiger partial charge in [-0.3, -0.25) is 4.79 Å². The van der Waals surface area contributed by atoms with Crippen LogP contribution in [0.15, 0.2) is 18.2 Å². The molecule has 0 spiro atoms. The van der Waals surface area contributed by atoms with Crippen LogP contribution in [0.1, 0.15) is 67.9 Å². The van der Waals surface area contributed by atoms with Crippen LogP contribution in [0.2, 0.25) is 0 Å². The first-order valence-electron chi connectivity index (χ1n) is 10.6. The molecule has 33 heavy (non-hydrogen) atoms. The van der Waals surface area contributed by atoms with E-state index in [0.29, 0.717) is 37.8 Å². The van der Waals surface area contributed by atoms with Gasteiger partial charge in [-0.2, -0.15) is 26.3 Å². The topological polar surface area (TPSA) is 78.4 Å². The first-order chi connectivity index (χ1) is 15.0. The Hall–Kier alpha value is -2.46. The highest BCUT2D eigenvalue weighted by Crippen LogP contribution is 2.38. The summed E-state index contributed by atoms with van der Waals surface area (Å²) in [6, 6.07) is 0.533. The van der Waals surface area contributed by atoms with E-state index in [-0.39, 0.29) is 35.9 Å². The van der Waals surface area contributed by atoms with Gasteiger partial charge in [0.15, 0.2) is 0 Å². The van der Waals surface area contributed by atoms with Crippen molar-refractivity contribution in [3.8, 4) is 0 Å². The van der Waals surface area contributed by atoms with Crippen LogP contribution in [-0.4, -0.2) is 29.7 Å². The first kappa shape index (κ1) is 26.8. The Morgan fingerprint density at radius 3 is 1.82 bits per heavy atom. The van der Waals surface area contributed by atoms with Crippen LogP contribution in [0, 0.1) is 17.3 Å². The fraction of sp³-hybridized carbons (Fsp3) is 0.636. The van der Waals surface area contributed by atoms with E-state index >= 15 is 0 Å². The highest BCUT2D eigenvalue weighted by atomic mass is 19.4. The standard InChI is InChI=1S/C22H28F6N2O3/c1-20(2,3)17(30-19(32)33)13-6-4-12(5-7-13)11-29-18(31)14-8-15(21(23,24)25)10-16(9-14)22(26,27)28/h8-10,12-13,17,30H,4-7,11H2,1-3H3,(H,29,31)(H,32,33). The molecule has 1 fully saturated rings. The monoisotopic (exact) mass is 482 g/mol. The largest absolute Gasteiger partial charge is 0.465 e. The molecular weight excluding hydrogens is 454 g/mol. The number of benzene rings is 1. The number of hydrogen-bond donors (Lipinski definition) is 3. The first-order valence-corrected chi connectivity index (χ1v) is 10.6. The number of alkyl halides is 6. The van der Waals surface area contributed by atoms with Crippen LogP contribution in [0.25, 0.3) is 0 Å². The lowest BCUT2D eigenvalue weighted by Crippen LogP contribution is -2.49. The Labute approximate surface area is 187 Å². The predicted octanol–water partition coefficient (Wildman–Crippen LogP) is 5.94. The van der Waals surface area contributed by atoms with Gasteiger partial charge in [-0.05, 0) is 61.1 Å². The zero-order chi connectivity index (χ0) is 25.2. The predicted molar refractivity (Wildman–Crippen MR) is 109 cm³/mol. The van der Waals surface area contributed by atoms with E-state index in [0.717, 1.165) is 0 Å². The minimum atomic E-state index is -5.03. The average Bonchev–Trinajstić information content (AvgIpc) is 2.68. The van der Waals surface area contributed by atoms with Crippen LogP contribution < -0.4 is 10.6 Å². The fourth-order valence-corrected chi connectivity index (χ4v) is 4.33. The second kappa shape index (κ2) is 9.80. The molecule has 0 radical (unpaired) electrons. The molecule has 0 aliphatic heterocycles. The third-order valence-corrected chi connectivity index (χ3v) is 5.98. The summed E-state index contributed by atoms with van der Waals surface area (Å²) in [5, 5.41) is 14.1. The Morgan fingerprint density at radius 2 is 1.42 bits per heavy atom. The maximum Gasteiger partial charge on any atom is 0.416 e. The van der Waals surface area contributed by atoms with Gasteiger partial charge in [0, 0.05) is 18.2 Å². The lowest BCUT2D eigenvalue weighted by Gasteiger charge is -2.40. The van der Waals surface area contributed by atoms with Gasteiger partial charge < -0.3 is 15.7 Å². The molecule has 2 rings (SSSR count). The van der Waals surface area contributed by atoms with Crippen LogP contribution in [0.5, 0.6) is 0 Å². The zero-order valence-electron chi connectivity index (χ0n) is 18.5. The summed E-state index contributed by atoms with van der Waals surface area (Å²) in [6.07, 6.45) is -8.49. The molecule has 2 amide bonds.